The molecule has 0 radical (unpaired) electrons. The second-order valence-electron chi connectivity index (χ2n) is 4.12. The Balaban J connectivity index is 2.20. The molecular formula is C15H13BrO3. The van der Waals surface area contributed by atoms with E-state index in [0.717, 1.165) is 5.56 Å². The Kier molecular flexibility index (Phi) is 4.22. The van der Waals surface area contributed by atoms with Gasteiger partial charge in [0.15, 0.2) is 0 Å². The van der Waals surface area contributed by atoms with Crippen LogP contribution in [0, 0.1) is 0 Å². The third-order valence-electron chi connectivity index (χ3n) is 2.75. The third kappa shape index (κ3) is 3.35. The predicted molar refractivity (Wildman–Crippen MR) is 76.6 cm³/mol. The summed E-state index contributed by atoms with van der Waals surface area (Å²) in [6.45, 7) is 1.93. The van der Waals surface area contributed by atoms with E-state index in [4.69, 9.17) is 9.84 Å². The van der Waals surface area contributed by atoms with Gasteiger partial charge >= 0.3 is 5.97 Å². The summed E-state index contributed by atoms with van der Waals surface area (Å²) in [6.07, 6.45) is -0.135. The summed E-state index contributed by atoms with van der Waals surface area (Å²) in [5, 5.41) is 9.06. The molecule has 0 bridgehead atoms. The number of carboxylic acid groups (broad SMARTS) is 1. The molecule has 1 atom stereocenters. The molecule has 0 fully saturated rings. The van der Waals surface area contributed by atoms with Gasteiger partial charge < -0.3 is 9.84 Å². The minimum atomic E-state index is -0.982. The molecular weight excluding hydrogens is 308 g/mol. The van der Waals surface area contributed by atoms with Gasteiger partial charge in [-0.15, -0.1) is 0 Å². The van der Waals surface area contributed by atoms with Gasteiger partial charge in [0.05, 0.1) is 5.56 Å². The number of carboxylic acids is 1. The van der Waals surface area contributed by atoms with Crippen molar-refractivity contribution in [2.45, 2.75) is 13.0 Å². The van der Waals surface area contributed by atoms with Crippen molar-refractivity contribution in [2.75, 3.05) is 0 Å². The molecule has 0 aromatic heterocycles. The highest BCUT2D eigenvalue weighted by Crippen LogP contribution is 2.26. The van der Waals surface area contributed by atoms with Gasteiger partial charge in [-0.2, -0.15) is 0 Å². The van der Waals surface area contributed by atoms with Crippen LogP contribution in [-0.4, -0.2) is 11.1 Å². The minimum absolute atomic E-state index is 0.135. The van der Waals surface area contributed by atoms with Crippen molar-refractivity contribution >= 4 is 21.9 Å². The van der Waals surface area contributed by atoms with E-state index in [-0.39, 0.29) is 11.7 Å². The van der Waals surface area contributed by atoms with E-state index in [1.807, 2.05) is 37.3 Å². The summed E-state index contributed by atoms with van der Waals surface area (Å²) >= 11 is 3.21. The molecule has 3 nitrogen and oxygen atoms in total. The number of rotatable bonds is 4. The van der Waals surface area contributed by atoms with E-state index in [0.29, 0.717) is 10.2 Å². The molecule has 0 aliphatic carbocycles. The first-order chi connectivity index (χ1) is 9.08. The lowest BCUT2D eigenvalue weighted by molar-refractivity contribution is 0.0695. The van der Waals surface area contributed by atoms with Gasteiger partial charge in [0, 0.05) is 4.47 Å². The molecule has 2 aromatic rings. The Morgan fingerprint density at radius 1 is 1.21 bits per heavy atom. The van der Waals surface area contributed by atoms with Gasteiger partial charge in [-0.1, -0.05) is 30.3 Å². The fourth-order valence-corrected chi connectivity index (χ4v) is 2.15. The van der Waals surface area contributed by atoms with E-state index in [9.17, 15) is 4.79 Å². The van der Waals surface area contributed by atoms with Gasteiger partial charge in [-0.25, -0.2) is 4.79 Å². The second-order valence-corrected chi connectivity index (χ2v) is 4.97. The van der Waals surface area contributed by atoms with Crippen LogP contribution in [0.4, 0.5) is 0 Å². The van der Waals surface area contributed by atoms with Crippen LogP contribution in [0.2, 0.25) is 0 Å². The third-order valence-corrected chi connectivity index (χ3v) is 3.44. The van der Waals surface area contributed by atoms with E-state index < -0.39 is 5.97 Å². The Bertz CT molecular complexity index is 581. The summed E-state index contributed by atoms with van der Waals surface area (Å²) in [5.41, 5.74) is 1.24. The number of hydrogen-bond acceptors (Lipinski definition) is 2. The second kappa shape index (κ2) is 5.89. The molecule has 0 saturated carbocycles. The molecule has 0 aliphatic rings. The summed E-state index contributed by atoms with van der Waals surface area (Å²) in [4.78, 5) is 11.0. The molecule has 1 unspecified atom stereocenters. The molecule has 0 amide bonds. The molecule has 98 valence electrons. The van der Waals surface area contributed by atoms with Crippen molar-refractivity contribution in [1.29, 1.82) is 0 Å². The Labute approximate surface area is 120 Å². The first-order valence-electron chi connectivity index (χ1n) is 5.82. The fraction of sp³-hybridized carbons (Fsp3) is 0.133. The van der Waals surface area contributed by atoms with Crippen molar-refractivity contribution in [3.05, 3.63) is 64.1 Å². The van der Waals surface area contributed by atoms with Crippen LogP contribution in [0.15, 0.2) is 53.0 Å². The molecule has 2 aromatic carbocycles. The number of halogens is 1. The SMILES string of the molecule is CC(Oc1ccc(Br)c(C(=O)O)c1)c1ccccc1. The van der Waals surface area contributed by atoms with Crippen LogP contribution in [0.1, 0.15) is 28.9 Å². The number of hydrogen-bond donors (Lipinski definition) is 1. The van der Waals surface area contributed by atoms with E-state index >= 15 is 0 Å². The topological polar surface area (TPSA) is 46.5 Å². The van der Waals surface area contributed by atoms with Gasteiger partial charge in [0.1, 0.15) is 11.9 Å². The number of carbonyl (C=O) groups is 1. The van der Waals surface area contributed by atoms with E-state index in [1.54, 1.807) is 12.1 Å². The first-order valence-corrected chi connectivity index (χ1v) is 6.61. The quantitative estimate of drug-likeness (QED) is 0.914. The van der Waals surface area contributed by atoms with Crippen LogP contribution in [0.5, 0.6) is 5.75 Å². The summed E-state index contributed by atoms with van der Waals surface area (Å²) in [6, 6.07) is 14.7. The van der Waals surface area contributed by atoms with Crippen molar-refractivity contribution in [3.63, 3.8) is 0 Å². The summed E-state index contributed by atoms with van der Waals surface area (Å²) in [7, 11) is 0. The standard InChI is InChI=1S/C15H13BrO3/c1-10(11-5-3-2-4-6-11)19-12-7-8-14(16)13(9-12)15(17)18/h2-10H,1H3,(H,17,18). The monoisotopic (exact) mass is 320 g/mol. The maximum Gasteiger partial charge on any atom is 0.336 e. The lowest BCUT2D eigenvalue weighted by Gasteiger charge is -2.15. The molecule has 0 heterocycles. The lowest BCUT2D eigenvalue weighted by Crippen LogP contribution is -2.04. The molecule has 0 spiro atoms. The van der Waals surface area contributed by atoms with Crippen molar-refractivity contribution in [1.82, 2.24) is 0 Å². The zero-order valence-corrected chi connectivity index (χ0v) is 11.9. The average molecular weight is 321 g/mol. The van der Waals surface area contributed by atoms with E-state index in [1.165, 1.54) is 6.07 Å². The Hall–Kier alpha value is -1.81. The Morgan fingerprint density at radius 2 is 1.89 bits per heavy atom. The number of benzene rings is 2. The molecule has 19 heavy (non-hydrogen) atoms. The molecule has 4 heteroatoms. The van der Waals surface area contributed by atoms with Crippen LogP contribution in [-0.2, 0) is 0 Å². The van der Waals surface area contributed by atoms with E-state index in [2.05, 4.69) is 15.9 Å². The fourth-order valence-electron chi connectivity index (χ4n) is 1.74. The number of aromatic carboxylic acids is 1. The van der Waals surface area contributed by atoms with Crippen LogP contribution < -0.4 is 4.74 Å². The van der Waals surface area contributed by atoms with Crippen LogP contribution in [0.3, 0.4) is 0 Å². The smallest absolute Gasteiger partial charge is 0.336 e. The summed E-state index contributed by atoms with van der Waals surface area (Å²) < 4.78 is 6.30. The van der Waals surface area contributed by atoms with Crippen LogP contribution in [0.25, 0.3) is 0 Å². The van der Waals surface area contributed by atoms with Gasteiger partial charge in [0.2, 0.25) is 0 Å². The minimum Gasteiger partial charge on any atom is -0.486 e. The van der Waals surface area contributed by atoms with Crippen LogP contribution >= 0.6 is 15.9 Å². The largest absolute Gasteiger partial charge is 0.486 e. The maximum atomic E-state index is 11.0. The first kappa shape index (κ1) is 13.6. The highest BCUT2D eigenvalue weighted by molar-refractivity contribution is 9.10. The lowest BCUT2D eigenvalue weighted by atomic mass is 10.1. The average Bonchev–Trinajstić information content (AvgIpc) is 2.41. The highest BCUT2D eigenvalue weighted by atomic mass is 79.9. The van der Waals surface area contributed by atoms with Gasteiger partial charge in [-0.05, 0) is 46.6 Å². The predicted octanol–water partition coefficient (Wildman–Crippen LogP) is 4.29. The van der Waals surface area contributed by atoms with Crippen molar-refractivity contribution in [2.24, 2.45) is 0 Å². The molecule has 0 aliphatic heterocycles. The zero-order chi connectivity index (χ0) is 13.8. The maximum absolute atomic E-state index is 11.0. The van der Waals surface area contributed by atoms with Gasteiger partial charge in [-0.3, -0.25) is 0 Å². The number of ether oxygens (including phenoxy) is 1. The van der Waals surface area contributed by atoms with Crippen molar-refractivity contribution < 1.29 is 14.6 Å². The highest BCUT2D eigenvalue weighted by Gasteiger charge is 2.12. The molecule has 1 N–H and O–H groups in total. The zero-order valence-electron chi connectivity index (χ0n) is 10.3. The molecule has 0 saturated heterocycles. The van der Waals surface area contributed by atoms with Gasteiger partial charge in [0.25, 0.3) is 0 Å². The Morgan fingerprint density at radius 3 is 2.53 bits per heavy atom. The molecule has 2 rings (SSSR count). The normalized spacial score (nSPS) is 11.9. The van der Waals surface area contributed by atoms with Crippen molar-refractivity contribution in [3.8, 4) is 5.75 Å². The summed E-state index contributed by atoms with van der Waals surface area (Å²) in [5.74, 6) is -0.443.